The van der Waals surface area contributed by atoms with E-state index in [0.717, 1.165) is 11.3 Å². The SMILES string of the molecule is C[C@H](CS(C)(=O)=O)NCc1nc2ccccc2n1C1CC1. The quantitative estimate of drug-likeness (QED) is 0.885. The van der Waals surface area contributed by atoms with E-state index in [1.165, 1.54) is 24.6 Å². The fourth-order valence-electron chi connectivity index (χ4n) is 2.74. The van der Waals surface area contributed by atoms with Crippen molar-refractivity contribution in [2.24, 2.45) is 0 Å². The van der Waals surface area contributed by atoms with Gasteiger partial charge in [-0.15, -0.1) is 0 Å². The van der Waals surface area contributed by atoms with E-state index in [0.29, 0.717) is 12.6 Å². The average molecular weight is 307 g/mol. The Morgan fingerprint density at radius 2 is 2.10 bits per heavy atom. The van der Waals surface area contributed by atoms with Gasteiger partial charge in [0.2, 0.25) is 0 Å². The number of fused-ring (bicyclic) bond motifs is 1. The molecule has 0 saturated heterocycles. The molecular weight excluding hydrogens is 286 g/mol. The lowest BCUT2D eigenvalue weighted by molar-refractivity contribution is 0.539. The van der Waals surface area contributed by atoms with Crippen molar-refractivity contribution in [2.45, 2.75) is 38.4 Å². The molecule has 6 heteroatoms. The number of nitrogens with zero attached hydrogens (tertiary/aromatic N) is 2. The third-order valence-corrected chi connectivity index (χ3v) is 4.85. The molecule has 5 nitrogen and oxygen atoms in total. The number of benzene rings is 1. The van der Waals surface area contributed by atoms with E-state index in [1.807, 2.05) is 25.1 Å². The molecule has 1 N–H and O–H groups in total. The Morgan fingerprint density at radius 3 is 2.76 bits per heavy atom. The van der Waals surface area contributed by atoms with Crippen LogP contribution in [0.15, 0.2) is 24.3 Å². The van der Waals surface area contributed by atoms with Gasteiger partial charge < -0.3 is 9.88 Å². The molecule has 1 aromatic carbocycles. The molecule has 1 aliphatic rings. The molecule has 0 spiro atoms. The molecule has 1 aromatic heterocycles. The lowest BCUT2D eigenvalue weighted by atomic mass is 10.3. The highest BCUT2D eigenvalue weighted by Crippen LogP contribution is 2.38. The number of imidazole rings is 1. The molecule has 0 aliphatic heterocycles. The number of para-hydroxylation sites is 2. The molecule has 0 bridgehead atoms. The second-order valence-electron chi connectivity index (χ2n) is 5.99. The van der Waals surface area contributed by atoms with Crippen LogP contribution in [0.1, 0.15) is 31.6 Å². The lowest BCUT2D eigenvalue weighted by Gasteiger charge is -2.13. The Bertz CT molecular complexity index is 747. The monoisotopic (exact) mass is 307 g/mol. The first-order chi connectivity index (χ1) is 9.94. The number of rotatable bonds is 6. The van der Waals surface area contributed by atoms with E-state index < -0.39 is 9.84 Å². The normalized spacial score (nSPS) is 17.2. The van der Waals surface area contributed by atoms with Crippen LogP contribution < -0.4 is 5.32 Å². The van der Waals surface area contributed by atoms with Crippen LogP contribution in [0.2, 0.25) is 0 Å². The first-order valence-electron chi connectivity index (χ1n) is 7.31. The van der Waals surface area contributed by atoms with Crippen LogP contribution in [0.3, 0.4) is 0 Å². The molecule has 2 aromatic rings. The van der Waals surface area contributed by atoms with Gasteiger partial charge in [-0.2, -0.15) is 0 Å². The van der Waals surface area contributed by atoms with E-state index in [4.69, 9.17) is 4.98 Å². The van der Waals surface area contributed by atoms with Crippen molar-refractivity contribution in [1.82, 2.24) is 14.9 Å². The van der Waals surface area contributed by atoms with E-state index in [-0.39, 0.29) is 11.8 Å². The summed E-state index contributed by atoms with van der Waals surface area (Å²) in [6, 6.07) is 8.64. The third kappa shape index (κ3) is 3.44. The smallest absolute Gasteiger partial charge is 0.148 e. The summed E-state index contributed by atoms with van der Waals surface area (Å²) >= 11 is 0. The predicted molar refractivity (Wildman–Crippen MR) is 84.0 cm³/mol. The summed E-state index contributed by atoms with van der Waals surface area (Å²) in [4.78, 5) is 4.69. The fraction of sp³-hybridized carbons (Fsp3) is 0.533. The van der Waals surface area contributed by atoms with Gasteiger partial charge in [0.15, 0.2) is 0 Å². The van der Waals surface area contributed by atoms with Crippen LogP contribution in [-0.2, 0) is 16.4 Å². The average Bonchev–Trinajstić information content (AvgIpc) is 3.15. The second kappa shape index (κ2) is 5.42. The van der Waals surface area contributed by atoms with Crippen LogP contribution in [0.5, 0.6) is 0 Å². The first-order valence-corrected chi connectivity index (χ1v) is 9.37. The van der Waals surface area contributed by atoms with Gasteiger partial charge in [-0.25, -0.2) is 13.4 Å². The van der Waals surface area contributed by atoms with Gasteiger partial charge >= 0.3 is 0 Å². The Kier molecular flexibility index (Phi) is 3.75. The van der Waals surface area contributed by atoms with Crippen LogP contribution in [-0.4, -0.2) is 36.0 Å². The first kappa shape index (κ1) is 14.5. The highest BCUT2D eigenvalue weighted by atomic mass is 32.2. The standard InChI is InChI=1S/C15H21N3O2S/c1-11(10-21(2,19)20)16-9-15-17-13-5-3-4-6-14(13)18(15)12-7-8-12/h3-6,11-12,16H,7-10H2,1-2H3/t11-/m1/s1. The zero-order valence-corrected chi connectivity index (χ0v) is 13.2. The molecule has 1 atom stereocenters. The number of hydrogen-bond acceptors (Lipinski definition) is 4. The second-order valence-corrected chi connectivity index (χ2v) is 8.18. The van der Waals surface area contributed by atoms with E-state index in [9.17, 15) is 8.42 Å². The van der Waals surface area contributed by atoms with E-state index >= 15 is 0 Å². The molecule has 1 fully saturated rings. The van der Waals surface area contributed by atoms with E-state index in [2.05, 4.69) is 16.0 Å². The Morgan fingerprint density at radius 1 is 1.38 bits per heavy atom. The maximum absolute atomic E-state index is 11.3. The molecule has 3 rings (SSSR count). The van der Waals surface area contributed by atoms with Gasteiger partial charge in [0.25, 0.3) is 0 Å². The van der Waals surface area contributed by atoms with Gasteiger partial charge in [0.05, 0.1) is 23.3 Å². The molecule has 21 heavy (non-hydrogen) atoms. The van der Waals surface area contributed by atoms with E-state index in [1.54, 1.807) is 0 Å². The number of sulfone groups is 1. The topological polar surface area (TPSA) is 64.0 Å². The fourth-order valence-corrected chi connectivity index (χ4v) is 3.76. The van der Waals surface area contributed by atoms with Crippen molar-refractivity contribution in [3.63, 3.8) is 0 Å². The summed E-state index contributed by atoms with van der Waals surface area (Å²) in [6.07, 6.45) is 3.67. The van der Waals surface area contributed by atoms with Crippen molar-refractivity contribution in [1.29, 1.82) is 0 Å². The van der Waals surface area contributed by atoms with Gasteiger partial charge in [0, 0.05) is 18.3 Å². The van der Waals surface area contributed by atoms with Gasteiger partial charge in [-0.05, 0) is 31.9 Å². The summed E-state index contributed by atoms with van der Waals surface area (Å²) in [5.74, 6) is 1.15. The molecule has 1 saturated carbocycles. The number of nitrogens with one attached hydrogen (secondary N) is 1. The Labute approximate surface area is 125 Å². The molecule has 0 amide bonds. The van der Waals surface area contributed by atoms with Crippen LogP contribution in [0, 0.1) is 0 Å². The maximum atomic E-state index is 11.3. The molecule has 0 unspecified atom stereocenters. The zero-order chi connectivity index (χ0) is 15.0. The Hall–Kier alpha value is -1.40. The summed E-state index contributed by atoms with van der Waals surface area (Å²) in [5.41, 5.74) is 2.18. The predicted octanol–water partition coefficient (Wildman–Crippen LogP) is 1.89. The molecule has 114 valence electrons. The van der Waals surface area contributed by atoms with Crippen molar-refractivity contribution in [3.05, 3.63) is 30.1 Å². The van der Waals surface area contributed by atoms with Crippen LogP contribution >= 0.6 is 0 Å². The minimum absolute atomic E-state index is 0.0764. The minimum atomic E-state index is -2.96. The summed E-state index contributed by atoms with van der Waals surface area (Å²) in [6.45, 7) is 2.49. The van der Waals surface area contributed by atoms with Crippen molar-refractivity contribution in [3.8, 4) is 0 Å². The van der Waals surface area contributed by atoms with Crippen molar-refractivity contribution >= 4 is 20.9 Å². The molecule has 1 aliphatic carbocycles. The summed E-state index contributed by atoms with van der Waals surface area (Å²) in [7, 11) is -2.96. The highest BCUT2D eigenvalue weighted by Gasteiger charge is 2.28. The van der Waals surface area contributed by atoms with Crippen LogP contribution in [0.4, 0.5) is 0 Å². The maximum Gasteiger partial charge on any atom is 0.148 e. The van der Waals surface area contributed by atoms with Crippen molar-refractivity contribution in [2.75, 3.05) is 12.0 Å². The largest absolute Gasteiger partial charge is 0.324 e. The zero-order valence-electron chi connectivity index (χ0n) is 12.4. The minimum Gasteiger partial charge on any atom is -0.324 e. The molecular formula is C15H21N3O2S. The highest BCUT2D eigenvalue weighted by molar-refractivity contribution is 7.90. The Balaban J connectivity index is 1.79. The van der Waals surface area contributed by atoms with Gasteiger partial charge in [0.1, 0.15) is 15.7 Å². The number of hydrogen-bond donors (Lipinski definition) is 1. The van der Waals surface area contributed by atoms with Gasteiger partial charge in [-0.1, -0.05) is 12.1 Å². The van der Waals surface area contributed by atoms with Crippen LogP contribution in [0.25, 0.3) is 11.0 Å². The van der Waals surface area contributed by atoms with Crippen molar-refractivity contribution < 1.29 is 8.42 Å². The lowest BCUT2D eigenvalue weighted by Crippen LogP contribution is -2.33. The third-order valence-electron chi connectivity index (χ3n) is 3.74. The summed E-state index contributed by atoms with van der Waals surface area (Å²) in [5, 5.41) is 3.28. The summed E-state index contributed by atoms with van der Waals surface area (Å²) < 4.78 is 24.9. The molecule has 1 heterocycles. The van der Waals surface area contributed by atoms with Gasteiger partial charge in [-0.3, -0.25) is 0 Å². The number of aromatic nitrogens is 2. The molecule has 0 radical (unpaired) electrons.